The Balaban J connectivity index is 2.03. The Morgan fingerprint density at radius 1 is 1.28 bits per heavy atom. The zero-order valence-corrected chi connectivity index (χ0v) is 10.9. The van der Waals surface area contributed by atoms with Crippen LogP contribution in [0, 0.1) is 5.41 Å². The van der Waals surface area contributed by atoms with Gasteiger partial charge in [0.1, 0.15) is 0 Å². The Morgan fingerprint density at radius 2 is 1.94 bits per heavy atom. The van der Waals surface area contributed by atoms with Gasteiger partial charge in [0, 0.05) is 12.2 Å². The standard InChI is InChI=1S/C15H21NO2/c1-15(9-5-2-6-10-15)11-16-13-8-4-3-7-12(13)14(17)18/h3-4,7-8,16H,2,5-6,9-11H2,1H3,(H,17,18). The molecule has 2 N–H and O–H groups in total. The van der Waals surface area contributed by atoms with E-state index in [2.05, 4.69) is 12.2 Å². The van der Waals surface area contributed by atoms with Crippen molar-refractivity contribution in [3.8, 4) is 0 Å². The Kier molecular flexibility index (Phi) is 3.90. The van der Waals surface area contributed by atoms with Crippen molar-refractivity contribution >= 4 is 11.7 Å². The van der Waals surface area contributed by atoms with Gasteiger partial charge in [-0.1, -0.05) is 38.3 Å². The molecule has 0 spiro atoms. The van der Waals surface area contributed by atoms with E-state index in [4.69, 9.17) is 5.11 Å². The van der Waals surface area contributed by atoms with Crippen molar-refractivity contribution in [2.45, 2.75) is 39.0 Å². The molecule has 0 aromatic heterocycles. The molecule has 1 fully saturated rings. The average molecular weight is 247 g/mol. The second-order valence-electron chi connectivity index (χ2n) is 5.58. The molecule has 1 aromatic carbocycles. The van der Waals surface area contributed by atoms with Crippen LogP contribution in [-0.2, 0) is 0 Å². The molecule has 18 heavy (non-hydrogen) atoms. The Hall–Kier alpha value is -1.51. The highest BCUT2D eigenvalue weighted by Crippen LogP contribution is 2.36. The lowest BCUT2D eigenvalue weighted by Crippen LogP contribution is -2.29. The van der Waals surface area contributed by atoms with E-state index in [-0.39, 0.29) is 0 Å². The minimum Gasteiger partial charge on any atom is -0.478 e. The van der Waals surface area contributed by atoms with Gasteiger partial charge < -0.3 is 10.4 Å². The van der Waals surface area contributed by atoms with Gasteiger partial charge in [-0.05, 0) is 30.4 Å². The summed E-state index contributed by atoms with van der Waals surface area (Å²) < 4.78 is 0. The topological polar surface area (TPSA) is 49.3 Å². The van der Waals surface area contributed by atoms with E-state index < -0.39 is 5.97 Å². The van der Waals surface area contributed by atoms with Crippen molar-refractivity contribution in [1.29, 1.82) is 0 Å². The molecule has 2 rings (SSSR count). The lowest BCUT2D eigenvalue weighted by atomic mass is 9.75. The molecule has 0 saturated heterocycles. The van der Waals surface area contributed by atoms with Gasteiger partial charge in [0.2, 0.25) is 0 Å². The first-order valence-corrected chi connectivity index (χ1v) is 6.67. The van der Waals surface area contributed by atoms with Crippen LogP contribution < -0.4 is 5.32 Å². The van der Waals surface area contributed by atoms with Crippen LogP contribution in [0.4, 0.5) is 5.69 Å². The SMILES string of the molecule is CC1(CNc2ccccc2C(=O)O)CCCCC1. The summed E-state index contributed by atoms with van der Waals surface area (Å²) in [6.45, 7) is 3.15. The highest BCUT2D eigenvalue weighted by Gasteiger charge is 2.26. The van der Waals surface area contributed by atoms with Gasteiger partial charge >= 0.3 is 5.97 Å². The molecule has 0 aliphatic heterocycles. The first-order chi connectivity index (χ1) is 8.61. The van der Waals surface area contributed by atoms with E-state index >= 15 is 0 Å². The molecule has 0 amide bonds. The number of hydrogen-bond acceptors (Lipinski definition) is 2. The van der Waals surface area contributed by atoms with Crippen molar-refractivity contribution in [1.82, 2.24) is 0 Å². The van der Waals surface area contributed by atoms with Crippen LogP contribution >= 0.6 is 0 Å². The maximum Gasteiger partial charge on any atom is 0.337 e. The minimum atomic E-state index is -0.869. The smallest absolute Gasteiger partial charge is 0.337 e. The molecule has 1 aliphatic carbocycles. The molecule has 1 aromatic rings. The molecule has 98 valence electrons. The molecule has 0 unspecified atom stereocenters. The molecule has 0 heterocycles. The summed E-state index contributed by atoms with van der Waals surface area (Å²) in [6, 6.07) is 7.12. The Labute approximate surface area is 108 Å². The molecule has 3 heteroatoms. The van der Waals surface area contributed by atoms with Gasteiger partial charge in [0.05, 0.1) is 5.56 Å². The predicted molar refractivity (Wildman–Crippen MR) is 73.1 cm³/mol. The normalized spacial score (nSPS) is 18.3. The van der Waals surface area contributed by atoms with Crippen molar-refractivity contribution < 1.29 is 9.90 Å². The number of nitrogens with one attached hydrogen (secondary N) is 1. The molecule has 0 atom stereocenters. The minimum absolute atomic E-state index is 0.309. The maximum absolute atomic E-state index is 11.1. The summed E-state index contributed by atoms with van der Waals surface area (Å²) in [4.78, 5) is 11.1. The molecule has 3 nitrogen and oxygen atoms in total. The molecule has 0 bridgehead atoms. The summed E-state index contributed by atoms with van der Waals surface area (Å²) in [5.41, 5.74) is 1.40. The predicted octanol–water partition coefficient (Wildman–Crippen LogP) is 3.77. The number of carboxylic acid groups (broad SMARTS) is 1. The summed E-state index contributed by atoms with van der Waals surface area (Å²) in [7, 11) is 0. The third kappa shape index (κ3) is 3.03. The quantitative estimate of drug-likeness (QED) is 0.851. The molecule has 1 saturated carbocycles. The first-order valence-electron chi connectivity index (χ1n) is 6.67. The highest BCUT2D eigenvalue weighted by atomic mass is 16.4. The van der Waals surface area contributed by atoms with Gasteiger partial charge in [0.25, 0.3) is 0 Å². The third-order valence-corrected chi connectivity index (χ3v) is 3.92. The van der Waals surface area contributed by atoms with Crippen LogP contribution in [0.25, 0.3) is 0 Å². The number of anilines is 1. The average Bonchev–Trinajstić information content (AvgIpc) is 2.38. The number of rotatable bonds is 4. The van der Waals surface area contributed by atoms with Crippen molar-refractivity contribution in [2.24, 2.45) is 5.41 Å². The number of para-hydroxylation sites is 1. The van der Waals surface area contributed by atoms with E-state index in [0.29, 0.717) is 11.0 Å². The van der Waals surface area contributed by atoms with Gasteiger partial charge in [0.15, 0.2) is 0 Å². The lowest BCUT2D eigenvalue weighted by molar-refractivity contribution is 0.0698. The van der Waals surface area contributed by atoms with E-state index in [9.17, 15) is 4.79 Å². The zero-order valence-electron chi connectivity index (χ0n) is 10.9. The van der Waals surface area contributed by atoms with E-state index in [0.717, 1.165) is 12.2 Å². The second-order valence-corrected chi connectivity index (χ2v) is 5.58. The molecular formula is C15H21NO2. The van der Waals surface area contributed by atoms with Crippen molar-refractivity contribution in [3.05, 3.63) is 29.8 Å². The van der Waals surface area contributed by atoms with Gasteiger partial charge in [-0.2, -0.15) is 0 Å². The van der Waals surface area contributed by atoms with E-state index in [1.807, 2.05) is 12.1 Å². The van der Waals surface area contributed by atoms with Crippen molar-refractivity contribution in [2.75, 3.05) is 11.9 Å². The number of carboxylic acids is 1. The third-order valence-electron chi connectivity index (χ3n) is 3.92. The Morgan fingerprint density at radius 3 is 2.61 bits per heavy atom. The fourth-order valence-electron chi connectivity index (χ4n) is 2.71. The Bertz CT molecular complexity index is 422. The maximum atomic E-state index is 11.1. The highest BCUT2D eigenvalue weighted by molar-refractivity contribution is 5.94. The lowest BCUT2D eigenvalue weighted by Gasteiger charge is -2.34. The molecule has 0 radical (unpaired) electrons. The summed E-state index contributed by atoms with van der Waals surface area (Å²) >= 11 is 0. The fraction of sp³-hybridized carbons (Fsp3) is 0.533. The fourth-order valence-corrected chi connectivity index (χ4v) is 2.71. The largest absolute Gasteiger partial charge is 0.478 e. The van der Waals surface area contributed by atoms with Crippen LogP contribution in [0.15, 0.2) is 24.3 Å². The van der Waals surface area contributed by atoms with E-state index in [1.165, 1.54) is 32.1 Å². The van der Waals surface area contributed by atoms with Gasteiger partial charge in [-0.25, -0.2) is 4.79 Å². The summed E-state index contributed by atoms with van der Waals surface area (Å²) in [6.07, 6.45) is 6.38. The van der Waals surface area contributed by atoms with Gasteiger partial charge in [-0.3, -0.25) is 0 Å². The monoisotopic (exact) mass is 247 g/mol. The van der Waals surface area contributed by atoms with Crippen LogP contribution in [0.1, 0.15) is 49.4 Å². The first kappa shape index (κ1) is 12.9. The number of aromatic carboxylic acids is 1. The summed E-state index contributed by atoms with van der Waals surface area (Å²) in [5, 5.41) is 12.5. The van der Waals surface area contributed by atoms with Crippen LogP contribution in [0.3, 0.4) is 0 Å². The molecular weight excluding hydrogens is 226 g/mol. The second kappa shape index (κ2) is 5.42. The zero-order chi connectivity index (χ0) is 13.0. The van der Waals surface area contributed by atoms with E-state index in [1.54, 1.807) is 12.1 Å². The summed E-state index contributed by atoms with van der Waals surface area (Å²) in [5.74, 6) is -0.869. The number of carbonyl (C=O) groups is 1. The molecule has 1 aliphatic rings. The van der Waals surface area contributed by atoms with Crippen LogP contribution in [0.5, 0.6) is 0 Å². The van der Waals surface area contributed by atoms with Gasteiger partial charge in [-0.15, -0.1) is 0 Å². The van der Waals surface area contributed by atoms with Crippen molar-refractivity contribution in [3.63, 3.8) is 0 Å². The van der Waals surface area contributed by atoms with Crippen LogP contribution in [-0.4, -0.2) is 17.6 Å². The number of hydrogen-bond donors (Lipinski definition) is 2. The number of benzene rings is 1. The van der Waals surface area contributed by atoms with Crippen LogP contribution in [0.2, 0.25) is 0 Å².